The molecule has 0 saturated carbocycles. The summed E-state index contributed by atoms with van der Waals surface area (Å²) in [7, 11) is 0. The van der Waals surface area contributed by atoms with Crippen molar-refractivity contribution < 1.29 is 6.21 Å². The van der Waals surface area contributed by atoms with E-state index in [1.165, 1.54) is 10.8 Å². The maximum absolute atomic E-state index is 12.5. The molecule has 338 valence electrons. The molecular formula is C14H8ClN51O2. The number of aromatic nitrogens is 3. The van der Waals surface area contributed by atoms with Crippen LogP contribution in [0.25, 0.3) is 16.7 Å². The third kappa shape index (κ3) is 20.9. The lowest BCUT2D eigenvalue weighted by Crippen LogP contribution is -2.21. The predicted molar refractivity (Wildman–Crippen MR) is 191 cm³/mol. The van der Waals surface area contributed by atoms with Crippen LogP contribution in [0.1, 0.15) is 16.2 Å². The van der Waals surface area contributed by atoms with Gasteiger partial charge in [-0.1, -0.05) is 11.6 Å². The van der Waals surface area contributed by atoms with E-state index in [-0.39, 0.29) is 22.8 Å². The Labute approximate surface area is 369 Å². The van der Waals surface area contributed by atoms with Crippen LogP contribution in [-0.4, -0.2) is 20.3 Å². The number of halogens is 1. The van der Waals surface area contributed by atoms with Gasteiger partial charge in [0.2, 0.25) is 7.20 Å². The predicted octanol–water partition coefficient (Wildman–Crippen LogP) is 11.0. The van der Waals surface area contributed by atoms with E-state index in [0.29, 0.717) is 21.7 Å². The van der Waals surface area contributed by atoms with Crippen molar-refractivity contribution >= 4 is 28.4 Å². The Morgan fingerprint density at radius 2 is 0.779 bits per heavy atom. The van der Waals surface area contributed by atoms with Crippen molar-refractivity contribution in [2.75, 3.05) is 0 Å². The second-order valence-corrected chi connectivity index (χ2v) is 9.00. The summed E-state index contributed by atoms with van der Waals surface area (Å²) in [5.74, 6) is -0.209. The Bertz CT molecular complexity index is 2930. The van der Waals surface area contributed by atoms with Crippen molar-refractivity contribution in [3.63, 3.8) is 0 Å². The zero-order chi connectivity index (χ0) is 49.1. The third-order valence-electron chi connectivity index (χ3n) is 5.10. The third-order valence-corrected chi connectivity index (χ3v) is 5.33. The lowest BCUT2D eigenvalue weighted by Gasteiger charge is -2.04. The number of hydrogen-bond acceptors (Lipinski definition) is 6. The van der Waals surface area contributed by atoms with Gasteiger partial charge in [-0.25, -0.2) is 9.97 Å². The number of rotatable bonds is 23. The first-order valence-corrected chi connectivity index (χ1v) is 15.7. The largest absolute Gasteiger partial charge is 0.285 e. The number of hydrogen-bond donors (Lipinski definition) is 2. The summed E-state index contributed by atoms with van der Waals surface area (Å²) < 4.78 is 7.55. The zero-order valence-corrected chi connectivity index (χ0v) is 32.3. The summed E-state index contributed by atoms with van der Waals surface area (Å²) in [6.07, 6.45) is 1.54. The van der Waals surface area contributed by atoms with Gasteiger partial charge in [0, 0.05) is 168 Å². The van der Waals surface area contributed by atoms with Crippen LogP contribution in [-0.2, 0) is 0 Å². The maximum Gasteiger partial charge on any atom is 0.267 e. The van der Waals surface area contributed by atoms with E-state index < -0.39 is 0 Å². The fraction of sp³-hybridized carbons (Fsp3) is 0. The number of pyridine rings is 1. The van der Waals surface area contributed by atoms with E-state index in [9.17, 15) is 9.59 Å². The van der Waals surface area contributed by atoms with Crippen LogP contribution < -0.4 is 5.56 Å². The van der Waals surface area contributed by atoms with Gasteiger partial charge in [-0.2, -0.15) is 11.1 Å². The molecule has 0 atom stereocenters. The van der Waals surface area contributed by atoms with E-state index in [0.717, 1.165) is 0 Å². The topological polar surface area (TPSA) is 681 Å². The molecule has 3 aromatic rings. The van der Waals surface area contributed by atoms with Crippen LogP contribution in [0.5, 0.6) is 0 Å². The zero-order valence-electron chi connectivity index (χ0n) is 32.5. The van der Waals surface area contributed by atoms with Crippen LogP contribution >= 0.6 is 11.6 Å². The van der Waals surface area contributed by atoms with Crippen molar-refractivity contribution in [2.24, 2.45) is 240 Å². The molecule has 0 radical (unpaired) electrons. The minimum absolute atomic E-state index is 0.0819. The molecule has 54 heteroatoms. The standard InChI is InChI=1S/C14H6ClN3O2.H2N48/c15-7-3-4-8-10(6-7)18-13(11(8)19)17-12-9(14(18)20)2-1-5-16-12;1-3-5-7-9-11-13-15-17-19-21-23-25-27-29-31-33-35-37-39-41-43-45-47-48-46-44-42-40-38-36-34-32-30-28-26-24-22-20-18-16-14-12-10-8-6-4-2/h1-6H;1-2H/b;3-1?,4-2?,7-5+,8-6+,11-9+,12-10+,15-13+,16-14+,19-17+,20-18+,23-21+,24-22+,27-25+,28-26+,31-29+,32-30+,35-33+,36-34+,39-37+,40-38+,43-41+,44-42+,47-45+,48-46+/i/hD. The van der Waals surface area contributed by atoms with E-state index >= 15 is 0 Å². The Morgan fingerprint density at radius 1 is 0.456 bits per heavy atom. The molecule has 0 spiro atoms. The first-order valence-electron chi connectivity index (χ1n) is 15.8. The number of nitrogens with one attached hydrogen (secondary N) is 2. The minimum atomic E-state index is -0.313. The summed E-state index contributed by atoms with van der Waals surface area (Å²) in [6.45, 7) is 0. The molecule has 0 fully saturated rings. The Morgan fingerprint density at radius 3 is 1.10 bits per heavy atom. The normalized spacial score (nSPS) is 14.7. The van der Waals surface area contributed by atoms with Gasteiger partial charge in [-0.05, 0) is 114 Å². The molecule has 2 N–H and O–H groups in total. The molecule has 0 amide bonds. The summed E-state index contributed by atoms with van der Waals surface area (Å²) in [5, 5.41) is 137. The smallest absolute Gasteiger partial charge is 0.267 e. The van der Waals surface area contributed by atoms with E-state index in [4.69, 9.17) is 18.5 Å². The molecule has 53 nitrogen and oxygen atoms in total. The number of benzene rings is 1. The van der Waals surface area contributed by atoms with Gasteiger partial charge in [0.1, 0.15) is 0 Å². The molecule has 1 aliphatic rings. The van der Waals surface area contributed by atoms with Crippen molar-refractivity contribution in [2.45, 2.75) is 0 Å². The van der Waals surface area contributed by atoms with Crippen LogP contribution in [0.3, 0.4) is 0 Å². The summed E-state index contributed by atoms with van der Waals surface area (Å²) in [4.78, 5) is 33.1. The molecule has 3 heterocycles. The van der Waals surface area contributed by atoms with Gasteiger partial charge in [0.05, 0.1) is 16.6 Å². The van der Waals surface area contributed by atoms with Crippen molar-refractivity contribution in [1.29, 1.82) is 11.1 Å². The molecule has 0 unspecified atom stereocenters. The molecule has 0 saturated heterocycles. The summed E-state index contributed by atoms with van der Waals surface area (Å²) >= 11 is 5.95. The highest BCUT2D eigenvalue weighted by atomic mass is 35.5. The monoisotopic (exact) mass is 958 g/mol. The van der Waals surface area contributed by atoms with Gasteiger partial charge in [0.15, 0.2) is 11.5 Å². The second-order valence-electron chi connectivity index (χ2n) is 8.57. The SMILES string of the molecule is O=C1c2ccc(Cl)cc2-n2c1nc1ncccc1c2=O.[2H]N=N/N=N/N=N/N=N/N=N/N=N/N=N/N=N/N=N/N=N/N=N/N=N/N=N/N=N/N=N/N=N/N=N/N=N/N=N/N=N/N=N/N=N/N=N/N=N. The summed E-state index contributed by atoms with van der Waals surface area (Å²) in [6, 6.07) is 8.11. The first-order chi connectivity index (χ1) is 34.1. The molecule has 0 bridgehead atoms. The van der Waals surface area contributed by atoms with Crippen LogP contribution in [0.4, 0.5) is 0 Å². The van der Waals surface area contributed by atoms with Gasteiger partial charge < -0.3 is 0 Å². The number of nitrogens with zero attached hydrogens (tertiary/aromatic N) is 49. The van der Waals surface area contributed by atoms with Crippen LogP contribution in [0, 0.1) is 11.1 Å². The Hall–Kier alpha value is -12.1. The lowest BCUT2D eigenvalue weighted by molar-refractivity contribution is 0.103. The Balaban J connectivity index is 0.000000509. The molecule has 2 aromatic heterocycles. The molecular weight excluding hydrogens is 950 g/mol. The van der Waals surface area contributed by atoms with Crippen LogP contribution in [0.2, 0.25) is 6.43 Å². The molecule has 1 aromatic carbocycles. The highest BCUT2D eigenvalue weighted by Gasteiger charge is 2.30. The highest BCUT2D eigenvalue weighted by Crippen LogP contribution is 2.28. The average molecular weight is 959 g/mol. The van der Waals surface area contributed by atoms with E-state index in [1.807, 2.05) is 0 Å². The van der Waals surface area contributed by atoms with Crippen molar-refractivity contribution in [1.82, 2.24) is 14.5 Å². The fourth-order valence-corrected chi connectivity index (χ4v) is 3.35. The van der Waals surface area contributed by atoms with Gasteiger partial charge in [-0.15, -0.1) is 0 Å². The average Bonchev–Trinajstić information content (AvgIpc) is 3.63. The molecule has 68 heavy (non-hydrogen) atoms. The van der Waals surface area contributed by atoms with E-state index in [2.05, 4.69) is 256 Å². The second kappa shape index (κ2) is 33.6. The number of carbonyl (C=O) groups excluding carboxylic acids is 1. The van der Waals surface area contributed by atoms with Crippen molar-refractivity contribution in [3.05, 3.63) is 63.3 Å². The molecule has 1 aliphatic heterocycles. The summed E-state index contributed by atoms with van der Waals surface area (Å²) in [5.41, 5.74) is 9.61. The van der Waals surface area contributed by atoms with Crippen LogP contribution in [0.15, 0.2) is 282 Å². The van der Waals surface area contributed by atoms with Gasteiger partial charge >= 0.3 is 0 Å². The number of carbonyl (C=O) groups is 1. The van der Waals surface area contributed by atoms with Crippen molar-refractivity contribution in [3.8, 4) is 5.69 Å². The maximum atomic E-state index is 12.5. The molecule has 0 aliphatic carbocycles. The highest BCUT2D eigenvalue weighted by molar-refractivity contribution is 6.31. The fourth-order valence-electron chi connectivity index (χ4n) is 3.19. The number of ketones is 1. The van der Waals surface area contributed by atoms with Gasteiger partial charge in [-0.3, -0.25) is 14.2 Å². The lowest BCUT2D eigenvalue weighted by atomic mass is 10.1. The Kier molecular flexibility index (Phi) is 24.0. The quantitative estimate of drug-likeness (QED) is 0.0540. The molecule has 4 rings (SSSR count). The van der Waals surface area contributed by atoms with E-state index in [1.54, 1.807) is 30.3 Å². The minimum Gasteiger partial charge on any atom is -0.285 e. The number of fused-ring (bicyclic) bond motifs is 4. The first kappa shape index (κ1) is 48.5. The van der Waals surface area contributed by atoms with Gasteiger partial charge in [0.25, 0.3) is 5.56 Å².